The van der Waals surface area contributed by atoms with E-state index in [2.05, 4.69) is 10.1 Å². The molecule has 1 aliphatic heterocycles. The van der Waals surface area contributed by atoms with Gasteiger partial charge in [0.15, 0.2) is 6.61 Å². The Hall–Kier alpha value is -1.90. The molecule has 24 heavy (non-hydrogen) atoms. The second-order valence-corrected chi connectivity index (χ2v) is 6.23. The molecular formula is C15H17F3N2O3S. The first-order valence-corrected chi connectivity index (χ1v) is 8.29. The summed E-state index contributed by atoms with van der Waals surface area (Å²) in [6.07, 6.45) is -4.20. The van der Waals surface area contributed by atoms with E-state index in [1.165, 1.54) is 23.9 Å². The predicted octanol–water partition coefficient (Wildman–Crippen LogP) is 2.80. The van der Waals surface area contributed by atoms with Crippen LogP contribution in [-0.2, 0) is 11.3 Å². The minimum atomic E-state index is -4.39. The summed E-state index contributed by atoms with van der Waals surface area (Å²) in [5.74, 6) is 0.616. The molecule has 1 saturated heterocycles. The maximum Gasteiger partial charge on any atom is 0.422 e. The number of alkyl halides is 3. The van der Waals surface area contributed by atoms with Gasteiger partial charge in [-0.25, -0.2) is 0 Å². The Bertz CT molecular complexity index is 596. The van der Waals surface area contributed by atoms with Gasteiger partial charge in [-0.15, -0.1) is 0 Å². The van der Waals surface area contributed by atoms with Crippen molar-refractivity contribution in [3.63, 3.8) is 0 Å². The number of amides is 2. The third-order valence-corrected chi connectivity index (χ3v) is 4.14. The molecule has 2 amide bonds. The van der Waals surface area contributed by atoms with Crippen LogP contribution in [0, 0.1) is 0 Å². The van der Waals surface area contributed by atoms with E-state index in [1.807, 2.05) is 0 Å². The van der Waals surface area contributed by atoms with Gasteiger partial charge in [-0.3, -0.25) is 9.59 Å². The quantitative estimate of drug-likeness (QED) is 0.810. The Morgan fingerprint density at radius 3 is 2.83 bits per heavy atom. The molecule has 9 heteroatoms. The molecule has 2 rings (SSSR count). The van der Waals surface area contributed by atoms with Crippen molar-refractivity contribution in [2.45, 2.75) is 19.1 Å². The third kappa shape index (κ3) is 6.31. The van der Waals surface area contributed by atoms with E-state index < -0.39 is 12.8 Å². The zero-order chi connectivity index (χ0) is 17.6. The van der Waals surface area contributed by atoms with Crippen molar-refractivity contribution in [1.82, 2.24) is 10.2 Å². The molecule has 0 spiro atoms. The van der Waals surface area contributed by atoms with Crippen LogP contribution in [0.3, 0.4) is 0 Å². The van der Waals surface area contributed by atoms with E-state index in [1.54, 1.807) is 17.0 Å². The SMILES string of the molecule is O=C(CCN1CCSC1=O)NCc1cccc(OCC(F)(F)F)c1. The molecule has 132 valence electrons. The summed E-state index contributed by atoms with van der Waals surface area (Å²) in [6.45, 7) is -0.156. The predicted molar refractivity (Wildman–Crippen MR) is 83.9 cm³/mol. The Kier molecular flexibility index (Phi) is 6.36. The van der Waals surface area contributed by atoms with Crippen LogP contribution in [0.15, 0.2) is 24.3 Å². The number of hydrogen-bond acceptors (Lipinski definition) is 4. The first-order chi connectivity index (χ1) is 11.3. The lowest BCUT2D eigenvalue weighted by atomic mass is 10.2. The van der Waals surface area contributed by atoms with Crippen molar-refractivity contribution < 1.29 is 27.5 Å². The molecule has 0 saturated carbocycles. The lowest BCUT2D eigenvalue weighted by Crippen LogP contribution is -2.30. The summed E-state index contributed by atoms with van der Waals surface area (Å²) < 4.78 is 41.0. The molecule has 0 aliphatic carbocycles. The molecule has 1 aliphatic rings. The standard InChI is InChI=1S/C15H17F3N2O3S/c16-15(17,18)10-23-12-3-1-2-11(8-12)9-19-13(21)4-5-20-6-7-24-14(20)22/h1-3,8H,4-7,9-10H2,(H,19,21). The number of hydrogen-bond donors (Lipinski definition) is 1. The number of halogens is 3. The van der Waals surface area contributed by atoms with E-state index >= 15 is 0 Å². The van der Waals surface area contributed by atoms with Crippen molar-refractivity contribution >= 4 is 22.9 Å². The highest BCUT2D eigenvalue weighted by atomic mass is 32.2. The van der Waals surface area contributed by atoms with Gasteiger partial charge in [-0.2, -0.15) is 13.2 Å². The fourth-order valence-electron chi connectivity index (χ4n) is 2.06. The molecule has 1 aromatic carbocycles. The van der Waals surface area contributed by atoms with Crippen molar-refractivity contribution in [1.29, 1.82) is 0 Å². The second-order valence-electron chi connectivity index (χ2n) is 5.18. The smallest absolute Gasteiger partial charge is 0.422 e. The van der Waals surface area contributed by atoms with Gasteiger partial charge in [0.05, 0.1) is 0 Å². The van der Waals surface area contributed by atoms with E-state index in [-0.39, 0.29) is 29.9 Å². The number of carbonyl (C=O) groups excluding carboxylic acids is 2. The monoisotopic (exact) mass is 362 g/mol. The van der Waals surface area contributed by atoms with Gasteiger partial charge in [0.1, 0.15) is 5.75 Å². The zero-order valence-corrected chi connectivity index (χ0v) is 13.6. The number of nitrogens with one attached hydrogen (secondary N) is 1. The van der Waals surface area contributed by atoms with Crippen molar-refractivity contribution in [2.75, 3.05) is 25.4 Å². The summed E-state index contributed by atoms with van der Waals surface area (Å²) in [5.41, 5.74) is 0.635. The largest absolute Gasteiger partial charge is 0.484 e. The van der Waals surface area contributed by atoms with Crippen LogP contribution >= 0.6 is 11.8 Å². The Labute approximate surface area is 141 Å². The summed E-state index contributed by atoms with van der Waals surface area (Å²) in [7, 11) is 0. The summed E-state index contributed by atoms with van der Waals surface area (Å²) in [5, 5.41) is 2.66. The Morgan fingerprint density at radius 1 is 1.38 bits per heavy atom. The zero-order valence-electron chi connectivity index (χ0n) is 12.8. The third-order valence-electron chi connectivity index (χ3n) is 3.24. The fraction of sp³-hybridized carbons (Fsp3) is 0.467. The molecular weight excluding hydrogens is 345 g/mol. The van der Waals surface area contributed by atoms with Gasteiger partial charge < -0.3 is 15.0 Å². The molecule has 0 radical (unpaired) electrons. The molecule has 5 nitrogen and oxygen atoms in total. The highest BCUT2D eigenvalue weighted by molar-refractivity contribution is 8.13. The van der Waals surface area contributed by atoms with Gasteiger partial charge in [0, 0.05) is 31.8 Å². The van der Waals surface area contributed by atoms with Gasteiger partial charge in [-0.1, -0.05) is 23.9 Å². The molecule has 1 heterocycles. The van der Waals surface area contributed by atoms with E-state index in [0.717, 1.165) is 5.75 Å². The number of rotatable bonds is 7. The second kappa shape index (κ2) is 8.27. The summed E-state index contributed by atoms with van der Waals surface area (Å²) in [4.78, 5) is 24.8. The van der Waals surface area contributed by atoms with E-state index in [9.17, 15) is 22.8 Å². The molecule has 0 unspecified atom stereocenters. The van der Waals surface area contributed by atoms with Crippen LogP contribution in [0.4, 0.5) is 18.0 Å². The minimum absolute atomic E-state index is 0.0164. The molecule has 1 aromatic rings. The van der Waals surface area contributed by atoms with Crippen molar-refractivity contribution in [3.8, 4) is 5.75 Å². The highest BCUT2D eigenvalue weighted by Gasteiger charge is 2.28. The Morgan fingerprint density at radius 2 is 2.17 bits per heavy atom. The molecule has 0 atom stereocenters. The molecule has 0 aromatic heterocycles. The first kappa shape index (κ1) is 18.4. The summed E-state index contributed by atoms with van der Waals surface area (Å²) >= 11 is 1.24. The van der Waals surface area contributed by atoms with Crippen LogP contribution in [0.2, 0.25) is 0 Å². The number of nitrogens with zero attached hydrogens (tertiary/aromatic N) is 1. The van der Waals surface area contributed by atoms with Gasteiger partial charge in [0.25, 0.3) is 5.24 Å². The van der Waals surface area contributed by atoms with Crippen molar-refractivity contribution in [3.05, 3.63) is 29.8 Å². The molecule has 1 fully saturated rings. The average molecular weight is 362 g/mol. The number of thioether (sulfide) groups is 1. The van der Waals surface area contributed by atoms with E-state index in [4.69, 9.17) is 0 Å². The lowest BCUT2D eigenvalue weighted by molar-refractivity contribution is -0.153. The van der Waals surface area contributed by atoms with E-state index in [0.29, 0.717) is 18.7 Å². The molecule has 1 N–H and O–H groups in total. The lowest BCUT2D eigenvalue weighted by Gasteiger charge is -2.14. The van der Waals surface area contributed by atoms with Gasteiger partial charge in [-0.05, 0) is 17.7 Å². The highest BCUT2D eigenvalue weighted by Crippen LogP contribution is 2.19. The normalized spacial score (nSPS) is 14.8. The van der Waals surface area contributed by atoms with Crippen LogP contribution in [-0.4, -0.2) is 47.7 Å². The van der Waals surface area contributed by atoms with Gasteiger partial charge >= 0.3 is 6.18 Å². The van der Waals surface area contributed by atoms with Crippen molar-refractivity contribution in [2.24, 2.45) is 0 Å². The van der Waals surface area contributed by atoms with Gasteiger partial charge in [0.2, 0.25) is 5.91 Å². The fourth-order valence-corrected chi connectivity index (χ4v) is 2.92. The number of ether oxygens (including phenoxy) is 1. The van der Waals surface area contributed by atoms with Crippen LogP contribution in [0.5, 0.6) is 5.75 Å². The van der Waals surface area contributed by atoms with Crippen LogP contribution in [0.25, 0.3) is 0 Å². The average Bonchev–Trinajstić information content (AvgIpc) is 2.94. The Balaban J connectivity index is 1.74. The number of benzene rings is 1. The maximum absolute atomic E-state index is 12.1. The number of carbonyl (C=O) groups is 2. The van der Waals surface area contributed by atoms with Crippen LogP contribution in [0.1, 0.15) is 12.0 Å². The summed E-state index contributed by atoms with van der Waals surface area (Å²) in [6, 6.07) is 6.12. The topological polar surface area (TPSA) is 58.6 Å². The van der Waals surface area contributed by atoms with Crippen LogP contribution < -0.4 is 10.1 Å². The maximum atomic E-state index is 12.1. The first-order valence-electron chi connectivity index (χ1n) is 7.30. The minimum Gasteiger partial charge on any atom is -0.484 e. The molecule has 0 bridgehead atoms.